The van der Waals surface area contributed by atoms with Crippen LogP contribution in [-0.4, -0.2) is 20.6 Å². The van der Waals surface area contributed by atoms with Gasteiger partial charge in [-0.05, 0) is 18.8 Å². The standard InChI is InChI=1S/C9H17N5/c10-8(9-11-13-14-12-9)7-5-3-1-2-4-6-7/h7-8H,1-6,10H2,(H,11,12,13,14). The van der Waals surface area contributed by atoms with E-state index in [4.69, 9.17) is 5.73 Å². The fourth-order valence-electron chi connectivity index (χ4n) is 2.19. The quantitative estimate of drug-likeness (QED) is 0.694. The van der Waals surface area contributed by atoms with E-state index in [-0.39, 0.29) is 6.04 Å². The second-order valence-corrected chi connectivity index (χ2v) is 4.05. The summed E-state index contributed by atoms with van der Waals surface area (Å²) in [7, 11) is 0. The highest BCUT2D eigenvalue weighted by atomic mass is 15.5. The first kappa shape index (κ1) is 9.58. The van der Waals surface area contributed by atoms with Gasteiger partial charge in [0.1, 0.15) is 0 Å². The number of rotatable bonds is 2. The number of nitrogens with two attached hydrogens (primary N) is 1. The third-order valence-corrected chi connectivity index (χ3v) is 3.07. The number of H-pyrrole nitrogens is 1. The lowest BCUT2D eigenvalue weighted by Crippen LogP contribution is -2.22. The Morgan fingerprint density at radius 1 is 1.21 bits per heavy atom. The summed E-state index contributed by atoms with van der Waals surface area (Å²) >= 11 is 0. The van der Waals surface area contributed by atoms with Crippen molar-refractivity contribution >= 4 is 0 Å². The van der Waals surface area contributed by atoms with Crippen LogP contribution in [0.4, 0.5) is 0 Å². The Morgan fingerprint density at radius 3 is 2.50 bits per heavy atom. The monoisotopic (exact) mass is 195 g/mol. The molecule has 5 nitrogen and oxygen atoms in total. The zero-order valence-electron chi connectivity index (χ0n) is 8.32. The van der Waals surface area contributed by atoms with Crippen molar-refractivity contribution < 1.29 is 0 Å². The molecule has 1 aliphatic rings. The Bertz CT molecular complexity index is 250. The largest absolute Gasteiger partial charge is 0.321 e. The summed E-state index contributed by atoms with van der Waals surface area (Å²) in [5.41, 5.74) is 6.10. The number of aromatic amines is 1. The Labute approximate surface area is 83.5 Å². The van der Waals surface area contributed by atoms with Gasteiger partial charge in [0, 0.05) is 0 Å². The molecule has 1 aromatic heterocycles. The van der Waals surface area contributed by atoms with E-state index in [1.54, 1.807) is 0 Å². The van der Waals surface area contributed by atoms with E-state index in [9.17, 15) is 0 Å². The van der Waals surface area contributed by atoms with Crippen molar-refractivity contribution in [3.63, 3.8) is 0 Å². The molecule has 0 bridgehead atoms. The van der Waals surface area contributed by atoms with E-state index >= 15 is 0 Å². The highest BCUT2D eigenvalue weighted by molar-refractivity contribution is 4.91. The molecule has 0 amide bonds. The van der Waals surface area contributed by atoms with Crippen LogP contribution in [0.2, 0.25) is 0 Å². The van der Waals surface area contributed by atoms with Gasteiger partial charge in [-0.15, -0.1) is 10.2 Å². The zero-order chi connectivity index (χ0) is 9.80. The molecular weight excluding hydrogens is 178 g/mol. The molecule has 0 spiro atoms. The fraction of sp³-hybridized carbons (Fsp3) is 0.889. The number of hydrogen-bond donors (Lipinski definition) is 2. The van der Waals surface area contributed by atoms with Crippen molar-refractivity contribution in [1.29, 1.82) is 0 Å². The minimum atomic E-state index is -0.0353. The van der Waals surface area contributed by atoms with Gasteiger partial charge >= 0.3 is 0 Å². The van der Waals surface area contributed by atoms with Crippen LogP contribution in [0, 0.1) is 5.92 Å². The van der Waals surface area contributed by atoms with Gasteiger partial charge in [-0.25, -0.2) is 0 Å². The molecule has 3 N–H and O–H groups in total. The molecule has 1 fully saturated rings. The number of nitrogens with one attached hydrogen (secondary N) is 1. The Balaban J connectivity index is 1.99. The average molecular weight is 195 g/mol. The predicted molar refractivity (Wildman–Crippen MR) is 52.3 cm³/mol. The topological polar surface area (TPSA) is 80.5 Å². The number of nitrogens with zero attached hydrogens (tertiary/aromatic N) is 3. The number of aromatic nitrogens is 4. The third-order valence-electron chi connectivity index (χ3n) is 3.07. The summed E-state index contributed by atoms with van der Waals surface area (Å²) in [5.74, 6) is 1.20. The smallest absolute Gasteiger partial charge is 0.191 e. The van der Waals surface area contributed by atoms with Gasteiger partial charge in [0.25, 0.3) is 0 Å². The van der Waals surface area contributed by atoms with E-state index in [1.807, 2.05) is 0 Å². The van der Waals surface area contributed by atoms with Gasteiger partial charge < -0.3 is 5.73 Å². The second kappa shape index (κ2) is 4.50. The van der Waals surface area contributed by atoms with Gasteiger partial charge in [-0.2, -0.15) is 5.21 Å². The molecule has 1 unspecified atom stereocenters. The number of tetrazole rings is 1. The maximum absolute atomic E-state index is 6.10. The SMILES string of the molecule is NC(c1nn[nH]n1)C1CCCCCC1. The average Bonchev–Trinajstić information content (AvgIpc) is 2.59. The van der Waals surface area contributed by atoms with Gasteiger partial charge in [0.2, 0.25) is 0 Å². The van der Waals surface area contributed by atoms with Crippen molar-refractivity contribution in [2.24, 2.45) is 11.7 Å². The van der Waals surface area contributed by atoms with Gasteiger partial charge in [0.15, 0.2) is 5.82 Å². The molecule has 2 rings (SSSR count). The summed E-state index contributed by atoms with van der Waals surface area (Å²) in [6.45, 7) is 0. The molecule has 1 heterocycles. The highest BCUT2D eigenvalue weighted by Crippen LogP contribution is 2.30. The van der Waals surface area contributed by atoms with Crippen molar-refractivity contribution in [2.45, 2.75) is 44.6 Å². The molecule has 1 aliphatic carbocycles. The Kier molecular flexibility index (Phi) is 3.08. The maximum Gasteiger partial charge on any atom is 0.191 e. The van der Waals surface area contributed by atoms with Gasteiger partial charge in [0.05, 0.1) is 6.04 Å². The molecule has 78 valence electrons. The van der Waals surface area contributed by atoms with Crippen molar-refractivity contribution in [1.82, 2.24) is 20.6 Å². The predicted octanol–water partition coefficient (Wildman–Crippen LogP) is 1.17. The highest BCUT2D eigenvalue weighted by Gasteiger charge is 2.23. The summed E-state index contributed by atoms with van der Waals surface area (Å²) in [4.78, 5) is 0. The van der Waals surface area contributed by atoms with Crippen LogP contribution in [0.25, 0.3) is 0 Å². The van der Waals surface area contributed by atoms with Crippen LogP contribution in [0.15, 0.2) is 0 Å². The molecule has 5 heteroatoms. The van der Waals surface area contributed by atoms with E-state index in [0.717, 1.165) is 0 Å². The fourth-order valence-corrected chi connectivity index (χ4v) is 2.19. The van der Waals surface area contributed by atoms with Crippen molar-refractivity contribution in [3.05, 3.63) is 5.82 Å². The van der Waals surface area contributed by atoms with E-state index in [0.29, 0.717) is 11.7 Å². The number of hydrogen-bond acceptors (Lipinski definition) is 4. The van der Waals surface area contributed by atoms with Crippen LogP contribution < -0.4 is 5.73 Å². The van der Waals surface area contributed by atoms with E-state index < -0.39 is 0 Å². The minimum Gasteiger partial charge on any atom is -0.321 e. The van der Waals surface area contributed by atoms with Gasteiger partial charge in [-0.3, -0.25) is 0 Å². The molecule has 0 saturated heterocycles. The normalized spacial score (nSPS) is 21.8. The Hall–Kier alpha value is -0.970. The first-order valence-electron chi connectivity index (χ1n) is 5.37. The lowest BCUT2D eigenvalue weighted by molar-refractivity contribution is 0.370. The summed E-state index contributed by atoms with van der Waals surface area (Å²) < 4.78 is 0. The molecule has 0 aromatic carbocycles. The molecule has 1 aromatic rings. The van der Waals surface area contributed by atoms with Crippen molar-refractivity contribution in [2.75, 3.05) is 0 Å². The van der Waals surface area contributed by atoms with Crippen LogP contribution in [0.1, 0.15) is 50.4 Å². The molecule has 1 saturated carbocycles. The molecule has 0 aliphatic heterocycles. The van der Waals surface area contributed by atoms with Gasteiger partial charge in [-0.1, -0.05) is 30.9 Å². The lowest BCUT2D eigenvalue weighted by Gasteiger charge is -2.18. The molecule has 1 atom stereocenters. The second-order valence-electron chi connectivity index (χ2n) is 4.05. The van der Waals surface area contributed by atoms with Crippen LogP contribution in [0.5, 0.6) is 0 Å². The summed E-state index contributed by atoms with van der Waals surface area (Å²) in [5, 5.41) is 13.9. The lowest BCUT2D eigenvalue weighted by atomic mass is 9.92. The van der Waals surface area contributed by atoms with E-state index in [2.05, 4.69) is 20.6 Å². The molecular formula is C9H17N5. The van der Waals surface area contributed by atoms with Crippen molar-refractivity contribution in [3.8, 4) is 0 Å². The van der Waals surface area contributed by atoms with Crippen LogP contribution in [-0.2, 0) is 0 Å². The zero-order valence-corrected chi connectivity index (χ0v) is 8.32. The first-order chi connectivity index (χ1) is 6.88. The maximum atomic E-state index is 6.10. The van der Waals surface area contributed by atoms with Crippen LogP contribution >= 0.6 is 0 Å². The Morgan fingerprint density at radius 2 is 1.93 bits per heavy atom. The van der Waals surface area contributed by atoms with E-state index in [1.165, 1.54) is 38.5 Å². The first-order valence-corrected chi connectivity index (χ1v) is 5.37. The van der Waals surface area contributed by atoms with Crippen LogP contribution in [0.3, 0.4) is 0 Å². The minimum absolute atomic E-state index is 0.0353. The summed E-state index contributed by atoms with van der Waals surface area (Å²) in [6, 6.07) is -0.0353. The third kappa shape index (κ3) is 2.09. The molecule has 14 heavy (non-hydrogen) atoms. The molecule has 0 radical (unpaired) electrons. The summed E-state index contributed by atoms with van der Waals surface area (Å²) in [6.07, 6.45) is 7.67.